The molecule has 0 amide bonds. The summed E-state index contributed by atoms with van der Waals surface area (Å²) in [6.07, 6.45) is 0.982. The van der Waals surface area contributed by atoms with Gasteiger partial charge in [0.1, 0.15) is 5.82 Å². The van der Waals surface area contributed by atoms with Crippen molar-refractivity contribution in [1.29, 1.82) is 0 Å². The average molecular weight is 363 g/mol. The molecule has 1 nitrogen and oxygen atoms in total. The molecule has 1 heterocycles. The molecule has 0 spiro atoms. The summed E-state index contributed by atoms with van der Waals surface area (Å²) >= 11 is 11.0. The van der Waals surface area contributed by atoms with Gasteiger partial charge in [0.05, 0.1) is 8.81 Å². The smallest absolute Gasteiger partial charge is 0.141 e. The summed E-state index contributed by atoms with van der Waals surface area (Å²) in [5, 5.41) is 3.59. The summed E-state index contributed by atoms with van der Waals surface area (Å²) in [4.78, 5) is 1.34. The third kappa shape index (κ3) is 4.28. The van der Waals surface area contributed by atoms with E-state index in [-0.39, 0.29) is 16.9 Å². The van der Waals surface area contributed by atoms with Crippen LogP contribution in [0.3, 0.4) is 0 Å². The van der Waals surface area contributed by atoms with Crippen molar-refractivity contribution in [3.8, 4) is 0 Å². The molecule has 0 radical (unpaired) electrons. The first-order chi connectivity index (χ1) is 9.06. The van der Waals surface area contributed by atoms with E-state index in [1.807, 2.05) is 6.92 Å². The maximum Gasteiger partial charge on any atom is 0.141 e. The molecule has 1 aromatic carbocycles. The van der Waals surface area contributed by atoms with Gasteiger partial charge in [-0.3, -0.25) is 0 Å². The van der Waals surface area contributed by atoms with Gasteiger partial charge in [-0.25, -0.2) is 4.39 Å². The molecule has 0 fully saturated rings. The second kappa shape index (κ2) is 6.84. The van der Waals surface area contributed by atoms with E-state index in [2.05, 4.69) is 33.4 Å². The first-order valence-corrected chi connectivity index (χ1v) is 7.97. The minimum absolute atomic E-state index is 0.154. The monoisotopic (exact) mass is 361 g/mol. The number of rotatable bonds is 5. The van der Waals surface area contributed by atoms with Gasteiger partial charge in [0.15, 0.2) is 0 Å². The van der Waals surface area contributed by atoms with Crippen LogP contribution in [0.5, 0.6) is 0 Å². The number of nitrogens with one attached hydrogen (secondary N) is 1. The zero-order valence-electron chi connectivity index (χ0n) is 10.4. The zero-order chi connectivity index (χ0) is 13.8. The van der Waals surface area contributed by atoms with Crippen LogP contribution in [0.15, 0.2) is 34.1 Å². The number of hydrogen-bond donors (Lipinski definition) is 1. The number of thiophene rings is 1. The van der Waals surface area contributed by atoms with Gasteiger partial charge in [-0.15, -0.1) is 11.3 Å². The lowest BCUT2D eigenvalue weighted by Crippen LogP contribution is -2.21. The Labute approximate surface area is 129 Å². The molecule has 1 N–H and O–H groups in total. The average Bonchev–Trinajstić information content (AvgIpc) is 2.78. The first-order valence-electron chi connectivity index (χ1n) is 5.99. The highest BCUT2D eigenvalue weighted by Crippen LogP contribution is 2.23. The molecule has 0 saturated carbocycles. The Kier molecular flexibility index (Phi) is 5.39. The van der Waals surface area contributed by atoms with E-state index in [9.17, 15) is 4.39 Å². The maximum atomic E-state index is 13.1. The van der Waals surface area contributed by atoms with Gasteiger partial charge in [-0.1, -0.05) is 17.7 Å². The number of halogens is 3. The van der Waals surface area contributed by atoms with Gasteiger partial charge in [0.2, 0.25) is 0 Å². The van der Waals surface area contributed by atoms with Crippen LogP contribution in [0, 0.1) is 5.82 Å². The van der Waals surface area contributed by atoms with Crippen molar-refractivity contribution in [2.24, 2.45) is 0 Å². The Morgan fingerprint density at radius 1 is 1.37 bits per heavy atom. The summed E-state index contributed by atoms with van der Waals surface area (Å²) < 4.78 is 14.2. The molecule has 0 bridgehead atoms. The molecule has 0 saturated heterocycles. The molecule has 1 unspecified atom stereocenters. The highest BCUT2D eigenvalue weighted by molar-refractivity contribution is 9.11. The van der Waals surface area contributed by atoms with Crippen LogP contribution in [0.1, 0.15) is 23.4 Å². The predicted molar refractivity (Wildman–Crippen MR) is 83.6 cm³/mol. The van der Waals surface area contributed by atoms with Gasteiger partial charge >= 0.3 is 0 Å². The summed E-state index contributed by atoms with van der Waals surface area (Å²) in [6, 6.07) is 9.18. The largest absolute Gasteiger partial charge is 0.310 e. The minimum atomic E-state index is -0.374. The molecule has 0 aliphatic heterocycles. The van der Waals surface area contributed by atoms with E-state index in [0.717, 1.165) is 22.3 Å². The molecular formula is C14H14BrClFNS. The highest BCUT2D eigenvalue weighted by Gasteiger charge is 2.08. The fourth-order valence-corrected chi connectivity index (χ4v) is 3.47. The molecule has 0 aliphatic carbocycles. The fourth-order valence-electron chi connectivity index (χ4n) is 1.80. The van der Waals surface area contributed by atoms with E-state index in [1.165, 1.54) is 10.9 Å². The summed E-state index contributed by atoms with van der Waals surface area (Å²) in [5.74, 6) is -0.374. The Morgan fingerprint density at radius 2 is 2.16 bits per heavy atom. The van der Waals surface area contributed by atoms with Crippen LogP contribution < -0.4 is 5.32 Å². The van der Waals surface area contributed by atoms with Crippen molar-refractivity contribution in [2.75, 3.05) is 6.54 Å². The van der Waals surface area contributed by atoms with Crippen molar-refractivity contribution in [3.63, 3.8) is 0 Å². The van der Waals surface area contributed by atoms with Crippen molar-refractivity contribution in [2.45, 2.75) is 19.4 Å². The van der Waals surface area contributed by atoms with Crippen LogP contribution in [0.2, 0.25) is 5.02 Å². The van der Waals surface area contributed by atoms with Gasteiger partial charge < -0.3 is 5.32 Å². The minimum Gasteiger partial charge on any atom is -0.310 e. The molecule has 19 heavy (non-hydrogen) atoms. The lowest BCUT2D eigenvalue weighted by Gasteiger charge is -2.14. The Morgan fingerprint density at radius 3 is 2.79 bits per heavy atom. The Hall–Kier alpha value is -0.420. The molecule has 1 aromatic heterocycles. The molecular weight excluding hydrogens is 349 g/mol. The van der Waals surface area contributed by atoms with Crippen LogP contribution in [-0.2, 0) is 6.42 Å². The Balaban J connectivity index is 1.86. The Bertz CT molecular complexity index is 558. The lowest BCUT2D eigenvalue weighted by molar-refractivity contribution is 0.575. The van der Waals surface area contributed by atoms with Crippen molar-refractivity contribution in [3.05, 3.63) is 55.4 Å². The van der Waals surface area contributed by atoms with E-state index in [1.54, 1.807) is 23.5 Å². The predicted octanol–water partition coefficient (Wildman–Crippen LogP) is 5.20. The number of benzene rings is 1. The third-order valence-electron chi connectivity index (χ3n) is 2.89. The number of hydrogen-bond acceptors (Lipinski definition) is 2. The van der Waals surface area contributed by atoms with Crippen molar-refractivity contribution in [1.82, 2.24) is 5.32 Å². The van der Waals surface area contributed by atoms with Crippen LogP contribution in [0.25, 0.3) is 0 Å². The normalized spacial score (nSPS) is 12.6. The summed E-state index contributed by atoms with van der Waals surface area (Å²) in [5.41, 5.74) is 0.999. The van der Waals surface area contributed by atoms with Gasteiger partial charge in [-0.05, 0) is 59.1 Å². The van der Waals surface area contributed by atoms with Crippen LogP contribution in [-0.4, -0.2) is 6.54 Å². The van der Waals surface area contributed by atoms with Crippen molar-refractivity contribution < 1.29 is 4.39 Å². The van der Waals surface area contributed by atoms with E-state index < -0.39 is 0 Å². The third-order valence-corrected chi connectivity index (χ3v) is 4.87. The summed E-state index contributed by atoms with van der Waals surface area (Å²) in [6.45, 7) is 2.93. The zero-order valence-corrected chi connectivity index (χ0v) is 13.6. The quantitative estimate of drug-likeness (QED) is 0.771. The highest BCUT2D eigenvalue weighted by atomic mass is 79.9. The molecule has 2 rings (SSSR count). The topological polar surface area (TPSA) is 12.0 Å². The second-order valence-corrected chi connectivity index (χ2v) is 7.26. The van der Waals surface area contributed by atoms with E-state index in [4.69, 9.17) is 11.6 Å². The maximum absolute atomic E-state index is 13.1. The van der Waals surface area contributed by atoms with Crippen molar-refractivity contribution >= 4 is 38.9 Å². The standard InChI is InChI=1S/C14H14BrClFNS/c1-9(10-2-4-13(17)12(16)8-10)18-7-6-11-3-5-14(15)19-11/h2-5,8-9,18H,6-7H2,1H3. The van der Waals surface area contributed by atoms with E-state index >= 15 is 0 Å². The SMILES string of the molecule is CC(NCCc1ccc(Br)s1)c1ccc(F)c(Cl)c1. The molecule has 5 heteroatoms. The first kappa shape index (κ1) is 15.0. The van der Waals surface area contributed by atoms with E-state index in [0.29, 0.717) is 0 Å². The molecule has 1 atom stereocenters. The van der Waals surface area contributed by atoms with Crippen LogP contribution in [0.4, 0.5) is 4.39 Å². The molecule has 2 aromatic rings. The molecule has 0 aliphatic rings. The second-order valence-electron chi connectivity index (χ2n) is 4.31. The fraction of sp³-hybridized carbons (Fsp3) is 0.286. The summed E-state index contributed by atoms with van der Waals surface area (Å²) in [7, 11) is 0. The van der Waals surface area contributed by atoms with Gasteiger partial charge in [0, 0.05) is 17.5 Å². The molecule has 102 valence electrons. The van der Waals surface area contributed by atoms with Gasteiger partial charge in [0.25, 0.3) is 0 Å². The van der Waals surface area contributed by atoms with Crippen LogP contribution >= 0.6 is 38.9 Å². The van der Waals surface area contributed by atoms with Gasteiger partial charge in [-0.2, -0.15) is 0 Å². The lowest BCUT2D eigenvalue weighted by atomic mass is 10.1.